The highest BCUT2D eigenvalue weighted by molar-refractivity contribution is 9.81. The Kier molecular flexibility index (Phi) is 4.24. The lowest BCUT2D eigenvalue weighted by molar-refractivity contribution is 0.747. The van der Waals surface area contributed by atoms with Crippen LogP contribution in [0.2, 0.25) is 0 Å². The molecule has 0 amide bonds. The van der Waals surface area contributed by atoms with Crippen LogP contribution in [0.15, 0.2) is 4.85 Å². The average molecular weight is 457 g/mol. The number of halogens is 4. The number of rotatable bonds is 0. The van der Waals surface area contributed by atoms with Gasteiger partial charge in [-0.15, -0.1) is 5.53 Å². The summed E-state index contributed by atoms with van der Waals surface area (Å²) < 4.78 is -2.81. The van der Waals surface area contributed by atoms with Crippen molar-refractivity contribution in [2.75, 3.05) is 0 Å². The lowest BCUT2D eigenvalue weighted by Crippen LogP contribution is -2.19. The van der Waals surface area contributed by atoms with Crippen molar-refractivity contribution in [3.63, 3.8) is 0 Å². The van der Waals surface area contributed by atoms with Gasteiger partial charge in [-0.1, -0.05) is 0 Å². The second-order valence-corrected chi connectivity index (χ2v) is 34.3. The summed E-state index contributed by atoms with van der Waals surface area (Å²) in [6.45, 7) is 0. The van der Waals surface area contributed by atoms with Crippen LogP contribution in [0, 0.1) is 0 Å². The number of nitrogens with zero attached hydrogens (tertiary/aromatic N) is 1. The zero-order valence-electron chi connectivity index (χ0n) is 4.30. The number of hydrogen-bond donors (Lipinski definition) is 2. The maximum atomic E-state index is 4.10. The Morgan fingerprint density at radius 3 is 2.10 bits per heavy atom. The molecule has 0 spiro atoms. The van der Waals surface area contributed by atoms with E-state index in [0.717, 1.165) is 0 Å². The van der Waals surface area contributed by atoms with E-state index < -0.39 is 8.25 Å². The van der Waals surface area contributed by atoms with Gasteiger partial charge in [-0.2, -0.15) is 10.1 Å². The van der Waals surface area contributed by atoms with Crippen molar-refractivity contribution in [1.82, 2.24) is 10.7 Å². The fraction of sp³-hybridized carbons (Fsp3) is 0. The molecule has 10 heavy (non-hydrogen) atoms. The highest BCUT2D eigenvalue weighted by Gasteiger charge is 2.20. The summed E-state index contributed by atoms with van der Waals surface area (Å²) in [6, 6.07) is 0. The smallest absolute Gasteiger partial charge is 0.162 e. The third-order valence-corrected chi connectivity index (χ3v) is 24.9. The van der Waals surface area contributed by atoms with E-state index in [1.807, 2.05) is 0 Å². The number of hydrogen-bond acceptors (Lipinski definition) is 3. The topological polar surface area (TPSA) is 36.4 Å². The Morgan fingerprint density at radius 2 is 1.80 bits per heavy atom. The van der Waals surface area contributed by atoms with Gasteiger partial charge >= 0.3 is 0 Å². The Labute approximate surface area is 92.4 Å². The van der Waals surface area contributed by atoms with E-state index in [2.05, 4.69) is 77.5 Å². The van der Waals surface area contributed by atoms with Crippen LogP contribution in [0.3, 0.4) is 0 Å². The first-order valence-corrected chi connectivity index (χ1v) is 15.9. The van der Waals surface area contributed by atoms with E-state index in [1.165, 1.54) is 7.56 Å². The molecule has 0 aliphatic carbocycles. The van der Waals surface area contributed by atoms with E-state index in [1.54, 1.807) is 0 Å². The van der Waals surface area contributed by atoms with Crippen molar-refractivity contribution in [2.24, 2.45) is 4.85 Å². The van der Waals surface area contributed by atoms with Crippen molar-refractivity contribution in [3.05, 3.63) is 0 Å². The van der Waals surface area contributed by atoms with Crippen molar-refractivity contribution in [3.8, 4) is 0 Å². The van der Waals surface area contributed by atoms with Crippen LogP contribution in [0.5, 0.6) is 0 Å². The molecular weight excluding hydrogens is 455 g/mol. The first-order chi connectivity index (χ1) is 4.41. The second-order valence-electron chi connectivity index (χ2n) is 1.35. The SMILES string of the molecule is BrP1(Br)=NNNP(Br)(Br)=P1. The van der Waals surface area contributed by atoms with Gasteiger partial charge < -0.3 is 0 Å². The van der Waals surface area contributed by atoms with E-state index in [-0.39, 0.29) is 0 Å². The fourth-order valence-corrected chi connectivity index (χ4v) is 49.7. The second kappa shape index (κ2) is 3.89. The Morgan fingerprint density at radius 1 is 1.20 bits per heavy atom. The summed E-state index contributed by atoms with van der Waals surface area (Å²) in [7, 11) is 1.20. The van der Waals surface area contributed by atoms with Crippen LogP contribution < -0.4 is 10.7 Å². The van der Waals surface area contributed by atoms with Gasteiger partial charge in [0.2, 0.25) is 0 Å². The fourth-order valence-electron chi connectivity index (χ4n) is 0.320. The summed E-state index contributed by atoms with van der Waals surface area (Å²) in [5, 5.41) is 3.00. The number of hydrazine groups is 1. The largest absolute Gasteiger partial charge is 0.195 e. The molecular formula is H2Br4N3P3. The van der Waals surface area contributed by atoms with Gasteiger partial charge in [-0.25, -0.2) is 0 Å². The molecule has 3 nitrogen and oxygen atoms in total. The van der Waals surface area contributed by atoms with Crippen LogP contribution >= 0.6 is 77.8 Å². The van der Waals surface area contributed by atoms with Gasteiger partial charge in [0.05, 0.1) is 0 Å². The standard InChI is InChI=1S/Br4H2N3P3/c1-9(2)6-5-7-10(3,4)8-9/h5-6H. The predicted octanol–water partition coefficient (Wildman–Crippen LogP) is 5.16. The summed E-state index contributed by atoms with van der Waals surface area (Å²) in [5.74, 6) is 0. The lowest BCUT2D eigenvalue weighted by atomic mass is 12.6. The molecule has 10 heteroatoms. The van der Waals surface area contributed by atoms with Crippen LogP contribution in [-0.4, -0.2) is 0 Å². The molecule has 0 aromatic heterocycles. The van der Waals surface area contributed by atoms with E-state index in [9.17, 15) is 0 Å². The minimum atomic E-state index is -1.45. The predicted molar refractivity (Wildman–Crippen MR) is 65.2 cm³/mol. The summed E-state index contributed by atoms with van der Waals surface area (Å²) in [4.78, 5) is 4.10. The highest BCUT2D eigenvalue weighted by atomic mass is 79.9. The van der Waals surface area contributed by atoms with Crippen molar-refractivity contribution in [1.29, 1.82) is 0 Å². The van der Waals surface area contributed by atoms with Gasteiger partial charge in [0.15, 0.2) is 4.15 Å². The first kappa shape index (κ1) is 10.9. The zero-order valence-corrected chi connectivity index (χ0v) is 13.3. The van der Waals surface area contributed by atoms with Crippen LogP contribution in [0.1, 0.15) is 0 Å². The molecule has 0 unspecified atom stereocenters. The van der Waals surface area contributed by atoms with Crippen LogP contribution in [0.4, 0.5) is 0 Å². The summed E-state index contributed by atoms with van der Waals surface area (Å²) in [6.07, 6.45) is 0. The van der Waals surface area contributed by atoms with Crippen LogP contribution in [-0.2, 0) is 0 Å². The van der Waals surface area contributed by atoms with E-state index in [4.69, 9.17) is 0 Å². The van der Waals surface area contributed by atoms with E-state index in [0.29, 0.717) is 0 Å². The number of nitrogens with one attached hydrogen (secondary N) is 2. The minimum absolute atomic E-state index is 1.20. The molecule has 1 heterocycles. The van der Waals surface area contributed by atoms with Crippen molar-refractivity contribution < 1.29 is 0 Å². The first-order valence-electron chi connectivity index (χ1n) is 1.97. The lowest BCUT2D eigenvalue weighted by Gasteiger charge is -2.18. The maximum absolute atomic E-state index is 4.10. The molecule has 0 aromatic carbocycles. The van der Waals surface area contributed by atoms with Crippen LogP contribution in [0.25, 0.3) is 0 Å². The molecule has 0 bridgehead atoms. The monoisotopic (exact) mass is 453 g/mol. The van der Waals surface area contributed by atoms with E-state index >= 15 is 0 Å². The molecule has 2 N–H and O–H groups in total. The van der Waals surface area contributed by atoms with Gasteiger partial charge in [0.1, 0.15) is 4.10 Å². The Bertz CT molecular complexity index is 232. The zero-order chi connectivity index (χ0) is 7.83. The third-order valence-electron chi connectivity index (χ3n) is 0.575. The molecule has 60 valence electrons. The molecule has 0 saturated carbocycles. The maximum Gasteiger partial charge on any atom is 0.162 e. The summed E-state index contributed by atoms with van der Waals surface area (Å²) >= 11 is 14.0. The molecule has 0 atom stereocenters. The quantitative estimate of drug-likeness (QED) is 0.494. The molecule has 1 aliphatic rings. The normalized spacial score (nSPS) is 30.0. The molecule has 1 aliphatic heterocycles. The van der Waals surface area contributed by atoms with Gasteiger partial charge in [-0.05, 0) is 62.0 Å². The summed E-state index contributed by atoms with van der Waals surface area (Å²) in [5.41, 5.74) is 2.74. The van der Waals surface area contributed by atoms with Crippen molar-refractivity contribution >= 4 is 77.8 Å². The molecule has 0 aromatic rings. The minimum Gasteiger partial charge on any atom is -0.195 e. The van der Waals surface area contributed by atoms with Gasteiger partial charge in [0.25, 0.3) is 0 Å². The highest BCUT2D eigenvalue weighted by Crippen LogP contribution is 2.87. The van der Waals surface area contributed by atoms with Crippen molar-refractivity contribution in [2.45, 2.75) is 0 Å². The molecule has 0 radical (unpaired) electrons. The molecule has 1 rings (SSSR count). The Hall–Kier alpha value is 2.80. The van der Waals surface area contributed by atoms with Gasteiger partial charge in [-0.3, -0.25) is 0 Å². The average Bonchev–Trinajstić information content (AvgIpc) is 1.56. The molecule has 0 saturated heterocycles. The Balaban J connectivity index is 3.04. The van der Waals surface area contributed by atoms with Gasteiger partial charge in [0, 0.05) is 7.56 Å². The molecule has 0 fully saturated rings. The third kappa shape index (κ3) is 3.67.